The number of rotatable bonds is 3. The molecule has 124 valence electrons. The third-order valence-electron chi connectivity index (χ3n) is 4.69. The second kappa shape index (κ2) is 6.09. The van der Waals surface area contributed by atoms with Gasteiger partial charge in [-0.15, -0.1) is 0 Å². The lowest BCUT2D eigenvalue weighted by Crippen LogP contribution is -2.38. The second-order valence-corrected chi connectivity index (χ2v) is 8.11. The van der Waals surface area contributed by atoms with Crippen LogP contribution in [0.2, 0.25) is 0 Å². The van der Waals surface area contributed by atoms with Crippen LogP contribution in [-0.4, -0.2) is 29.0 Å². The number of nitrogens with zero attached hydrogens (tertiary/aromatic N) is 3. The maximum absolute atomic E-state index is 13.1. The van der Waals surface area contributed by atoms with Crippen molar-refractivity contribution in [2.24, 2.45) is 7.05 Å². The molecular formula is C17H23N3O2S. The van der Waals surface area contributed by atoms with Crippen LogP contribution >= 0.6 is 0 Å². The van der Waals surface area contributed by atoms with Crippen molar-refractivity contribution < 1.29 is 8.42 Å². The summed E-state index contributed by atoms with van der Waals surface area (Å²) in [5.41, 5.74) is 2.93. The van der Waals surface area contributed by atoms with E-state index >= 15 is 0 Å². The maximum Gasteiger partial charge on any atom is 0.247 e. The standard InChI is InChI=1S/C17H23N3O2S/c1-13-7-9-15(10-8-13)16-6-4-5-11-20(16)23(21,22)17-12-18-19(3)14(17)2/h7-10,12,16H,4-6,11H2,1-3H3. The van der Waals surface area contributed by atoms with Gasteiger partial charge in [0, 0.05) is 13.6 Å². The van der Waals surface area contributed by atoms with Crippen molar-refractivity contribution in [3.05, 3.63) is 47.3 Å². The molecule has 23 heavy (non-hydrogen) atoms. The summed E-state index contributed by atoms with van der Waals surface area (Å²) in [7, 11) is -1.76. The zero-order valence-electron chi connectivity index (χ0n) is 13.9. The molecule has 1 aromatic heterocycles. The molecule has 0 bridgehead atoms. The SMILES string of the molecule is Cc1ccc(C2CCCCN2S(=O)(=O)c2cnn(C)c2C)cc1. The van der Waals surface area contributed by atoms with E-state index in [4.69, 9.17) is 0 Å². The van der Waals surface area contributed by atoms with Gasteiger partial charge in [0.05, 0.1) is 17.9 Å². The van der Waals surface area contributed by atoms with E-state index in [9.17, 15) is 8.42 Å². The van der Waals surface area contributed by atoms with Crippen LogP contribution in [-0.2, 0) is 17.1 Å². The van der Waals surface area contributed by atoms with Crippen LogP contribution in [0.25, 0.3) is 0 Å². The summed E-state index contributed by atoms with van der Waals surface area (Å²) in [6.07, 6.45) is 4.28. The highest BCUT2D eigenvalue weighted by Gasteiger charge is 2.36. The van der Waals surface area contributed by atoms with Crippen LogP contribution in [0.15, 0.2) is 35.4 Å². The highest BCUT2D eigenvalue weighted by molar-refractivity contribution is 7.89. The van der Waals surface area contributed by atoms with E-state index in [0.717, 1.165) is 24.8 Å². The largest absolute Gasteiger partial charge is 0.272 e. The molecule has 6 heteroatoms. The Morgan fingerprint density at radius 3 is 2.43 bits per heavy atom. The Hall–Kier alpha value is -1.66. The van der Waals surface area contributed by atoms with Gasteiger partial charge in [0.1, 0.15) is 4.90 Å². The van der Waals surface area contributed by atoms with Crippen molar-refractivity contribution in [3.8, 4) is 0 Å². The first-order chi connectivity index (χ1) is 10.9. The number of hydrogen-bond donors (Lipinski definition) is 0. The molecule has 1 atom stereocenters. The number of aromatic nitrogens is 2. The average molecular weight is 333 g/mol. The van der Waals surface area contributed by atoms with Gasteiger partial charge in [-0.3, -0.25) is 4.68 Å². The molecule has 0 amide bonds. The summed E-state index contributed by atoms with van der Waals surface area (Å²) in [5.74, 6) is 0. The Labute approximate surface area is 138 Å². The number of benzene rings is 1. The summed E-state index contributed by atoms with van der Waals surface area (Å²) in [6, 6.07) is 8.09. The average Bonchev–Trinajstić information content (AvgIpc) is 2.88. The lowest BCUT2D eigenvalue weighted by molar-refractivity contribution is 0.256. The normalized spacial score (nSPS) is 19.9. The first-order valence-electron chi connectivity index (χ1n) is 7.98. The highest BCUT2D eigenvalue weighted by Crippen LogP contribution is 2.36. The maximum atomic E-state index is 13.1. The van der Waals surface area contributed by atoms with Crippen molar-refractivity contribution >= 4 is 10.0 Å². The molecule has 0 N–H and O–H groups in total. The Morgan fingerprint density at radius 2 is 1.83 bits per heavy atom. The van der Waals surface area contributed by atoms with E-state index in [0.29, 0.717) is 17.1 Å². The van der Waals surface area contributed by atoms with E-state index < -0.39 is 10.0 Å². The Balaban J connectivity index is 2.01. The van der Waals surface area contributed by atoms with Crippen molar-refractivity contribution in [3.63, 3.8) is 0 Å². The fourth-order valence-electron chi connectivity index (χ4n) is 3.17. The number of aryl methyl sites for hydroxylation is 2. The minimum atomic E-state index is -3.53. The lowest BCUT2D eigenvalue weighted by Gasteiger charge is -2.35. The first kappa shape index (κ1) is 16.2. The third-order valence-corrected chi connectivity index (χ3v) is 6.70. The van der Waals surface area contributed by atoms with Gasteiger partial charge in [-0.2, -0.15) is 9.40 Å². The molecule has 5 nitrogen and oxygen atoms in total. The van der Waals surface area contributed by atoms with Crippen molar-refractivity contribution in [1.29, 1.82) is 0 Å². The third kappa shape index (κ3) is 2.93. The Kier molecular flexibility index (Phi) is 4.29. The van der Waals surface area contributed by atoms with Crippen LogP contribution < -0.4 is 0 Å². The van der Waals surface area contributed by atoms with Gasteiger partial charge in [-0.25, -0.2) is 8.42 Å². The number of hydrogen-bond acceptors (Lipinski definition) is 3. The minimum absolute atomic E-state index is 0.0889. The van der Waals surface area contributed by atoms with Gasteiger partial charge in [-0.1, -0.05) is 36.2 Å². The van der Waals surface area contributed by atoms with Crippen LogP contribution in [0, 0.1) is 13.8 Å². The Bertz CT molecular complexity index is 794. The molecule has 0 radical (unpaired) electrons. The van der Waals surface area contributed by atoms with Crippen LogP contribution in [0.5, 0.6) is 0 Å². The predicted octanol–water partition coefficient (Wildman–Crippen LogP) is 2.95. The van der Waals surface area contributed by atoms with Crippen molar-refractivity contribution in [2.45, 2.75) is 44.0 Å². The minimum Gasteiger partial charge on any atom is -0.272 e. The molecule has 1 fully saturated rings. The lowest BCUT2D eigenvalue weighted by atomic mass is 9.97. The van der Waals surface area contributed by atoms with Gasteiger partial charge < -0.3 is 0 Å². The van der Waals surface area contributed by atoms with Gasteiger partial charge >= 0.3 is 0 Å². The highest BCUT2D eigenvalue weighted by atomic mass is 32.2. The molecule has 1 aliphatic heterocycles. The molecule has 1 unspecified atom stereocenters. The summed E-state index contributed by atoms with van der Waals surface area (Å²) in [4.78, 5) is 0.319. The molecule has 0 spiro atoms. The van der Waals surface area contributed by atoms with E-state index in [-0.39, 0.29) is 6.04 Å². The summed E-state index contributed by atoms with van der Waals surface area (Å²) < 4.78 is 29.6. The Morgan fingerprint density at radius 1 is 1.13 bits per heavy atom. The molecule has 1 aromatic carbocycles. The fraction of sp³-hybridized carbons (Fsp3) is 0.471. The predicted molar refractivity (Wildman–Crippen MR) is 89.6 cm³/mol. The molecule has 0 aliphatic carbocycles. The van der Waals surface area contributed by atoms with E-state index in [1.54, 1.807) is 23.0 Å². The molecule has 2 aromatic rings. The van der Waals surface area contributed by atoms with Crippen molar-refractivity contribution in [1.82, 2.24) is 14.1 Å². The number of sulfonamides is 1. The topological polar surface area (TPSA) is 55.2 Å². The van der Waals surface area contributed by atoms with Gasteiger partial charge in [0.2, 0.25) is 10.0 Å². The molecule has 1 aliphatic rings. The van der Waals surface area contributed by atoms with E-state index in [1.165, 1.54) is 11.8 Å². The fourth-order valence-corrected chi connectivity index (χ4v) is 5.04. The monoisotopic (exact) mass is 333 g/mol. The molecule has 3 rings (SSSR count). The van der Waals surface area contributed by atoms with Gasteiger partial charge in [0.25, 0.3) is 0 Å². The van der Waals surface area contributed by atoms with Crippen LogP contribution in [0.3, 0.4) is 0 Å². The zero-order valence-corrected chi connectivity index (χ0v) is 14.7. The van der Waals surface area contributed by atoms with Gasteiger partial charge in [-0.05, 0) is 32.3 Å². The summed E-state index contributed by atoms with van der Waals surface area (Å²) >= 11 is 0. The van der Waals surface area contributed by atoms with Crippen LogP contribution in [0.4, 0.5) is 0 Å². The van der Waals surface area contributed by atoms with Crippen molar-refractivity contribution in [2.75, 3.05) is 6.54 Å². The zero-order chi connectivity index (χ0) is 16.6. The van der Waals surface area contributed by atoms with E-state index in [2.05, 4.69) is 5.10 Å². The molecule has 0 saturated carbocycles. The summed E-state index contributed by atoms with van der Waals surface area (Å²) in [5, 5.41) is 4.10. The number of piperidine rings is 1. The molecule has 2 heterocycles. The van der Waals surface area contributed by atoms with E-state index in [1.807, 2.05) is 31.2 Å². The summed E-state index contributed by atoms with van der Waals surface area (Å²) in [6.45, 7) is 4.40. The quantitative estimate of drug-likeness (QED) is 0.868. The van der Waals surface area contributed by atoms with Crippen LogP contribution in [0.1, 0.15) is 42.1 Å². The smallest absolute Gasteiger partial charge is 0.247 e. The van der Waals surface area contributed by atoms with Gasteiger partial charge in [0.15, 0.2) is 0 Å². The second-order valence-electron chi connectivity index (χ2n) is 6.26. The molecule has 1 saturated heterocycles. The molecular weight excluding hydrogens is 310 g/mol. The first-order valence-corrected chi connectivity index (χ1v) is 9.42.